The van der Waals surface area contributed by atoms with Crippen molar-refractivity contribution in [3.8, 4) is 11.3 Å². The molecular formula is C14H12N2O5. The van der Waals surface area contributed by atoms with Crippen molar-refractivity contribution in [2.24, 2.45) is 5.16 Å². The lowest BCUT2D eigenvalue weighted by Gasteiger charge is -2.00. The third-order valence-electron chi connectivity index (χ3n) is 2.60. The van der Waals surface area contributed by atoms with Crippen LogP contribution in [0, 0.1) is 17.0 Å². The van der Waals surface area contributed by atoms with Gasteiger partial charge >= 0.3 is 5.97 Å². The summed E-state index contributed by atoms with van der Waals surface area (Å²) in [5.74, 6) is 0.110. The average molecular weight is 288 g/mol. The molecule has 0 saturated heterocycles. The number of hydrogen-bond acceptors (Lipinski definition) is 6. The van der Waals surface area contributed by atoms with E-state index in [0.29, 0.717) is 17.1 Å². The second kappa shape index (κ2) is 6.00. The van der Waals surface area contributed by atoms with Gasteiger partial charge in [-0.1, -0.05) is 11.2 Å². The highest BCUT2D eigenvalue weighted by atomic mass is 16.7. The zero-order valence-electron chi connectivity index (χ0n) is 11.4. The Morgan fingerprint density at radius 3 is 2.81 bits per heavy atom. The van der Waals surface area contributed by atoms with Crippen LogP contribution in [0.15, 0.2) is 39.9 Å². The smallest absolute Gasteiger partial charge is 0.331 e. The van der Waals surface area contributed by atoms with Gasteiger partial charge < -0.3 is 9.25 Å². The highest BCUT2D eigenvalue weighted by Gasteiger charge is 2.18. The third-order valence-corrected chi connectivity index (χ3v) is 2.60. The Morgan fingerprint density at radius 1 is 1.38 bits per heavy atom. The maximum absolute atomic E-state index is 11.1. The Morgan fingerprint density at radius 2 is 2.14 bits per heavy atom. The van der Waals surface area contributed by atoms with Crippen LogP contribution < -0.4 is 0 Å². The summed E-state index contributed by atoms with van der Waals surface area (Å²) in [7, 11) is 0. The molecule has 21 heavy (non-hydrogen) atoms. The second-order valence-corrected chi connectivity index (χ2v) is 4.30. The summed E-state index contributed by atoms with van der Waals surface area (Å²) < 4.78 is 5.44. The molecule has 0 saturated carbocycles. The van der Waals surface area contributed by atoms with Gasteiger partial charge in [-0.15, -0.1) is 0 Å². The van der Waals surface area contributed by atoms with E-state index >= 15 is 0 Å². The molecule has 0 bridgehead atoms. The van der Waals surface area contributed by atoms with E-state index in [-0.39, 0.29) is 5.69 Å². The first-order chi connectivity index (χ1) is 9.97. The van der Waals surface area contributed by atoms with Crippen LogP contribution in [0.2, 0.25) is 0 Å². The number of nitro benzene ring substituents is 1. The molecule has 2 aromatic rings. The molecule has 2 rings (SSSR count). The van der Waals surface area contributed by atoms with E-state index in [1.54, 1.807) is 31.2 Å². The summed E-state index contributed by atoms with van der Waals surface area (Å²) in [5, 5.41) is 14.5. The molecule has 0 aliphatic carbocycles. The highest BCUT2D eigenvalue weighted by molar-refractivity contribution is 5.79. The fourth-order valence-electron chi connectivity index (χ4n) is 1.72. The Hall–Kier alpha value is -2.96. The van der Waals surface area contributed by atoms with Crippen LogP contribution in [0.1, 0.15) is 18.2 Å². The first-order valence-corrected chi connectivity index (χ1v) is 6.03. The van der Waals surface area contributed by atoms with Gasteiger partial charge in [0.2, 0.25) is 0 Å². The molecule has 0 atom stereocenters. The molecular weight excluding hydrogens is 276 g/mol. The molecule has 108 valence electrons. The molecule has 0 amide bonds. The van der Waals surface area contributed by atoms with Gasteiger partial charge in [-0.2, -0.15) is 0 Å². The molecule has 0 N–H and O–H groups in total. The topological polar surface area (TPSA) is 94.9 Å². The number of aryl methyl sites for hydroxylation is 1. The first kappa shape index (κ1) is 14.4. The number of furan rings is 1. The van der Waals surface area contributed by atoms with E-state index in [2.05, 4.69) is 9.99 Å². The van der Waals surface area contributed by atoms with Crippen LogP contribution in [0.5, 0.6) is 0 Å². The van der Waals surface area contributed by atoms with Gasteiger partial charge in [0, 0.05) is 13.0 Å². The SMILES string of the molecule is CC(=O)O/N=C\c1ccc(-c2ccc(C)cc2[N+](=O)[O-])o1. The van der Waals surface area contributed by atoms with Crippen LogP contribution in [0.3, 0.4) is 0 Å². The van der Waals surface area contributed by atoms with E-state index < -0.39 is 10.9 Å². The van der Waals surface area contributed by atoms with Gasteiger partial charge in [-0.25, -0.2) is 4.79 Å². The maximum atomic E-state index is 11.1. The molecule has 0 unspecified atom stereocenters. The standard InChI is InChI=1S/C14H12N2O5/c1-9-3-5-12(13(7-9)16(18)19)14-6-4-11(20-14)8-15-21-10(2)17/h3-8H,1-2H3/b15-8-. The third kappa shape index (κ3) is 3.53. The van der Waals surface area contributed by atoms with Crippen LogP contribution in [-0.4, -0.2) is 17.1 Å². The molecule has 7 nitrogen and oxygen atoms in total. The number of hydrogen-bond donors (Lipinski definition) is 0. The first-order valence-electron chi connectivity index (χ1n) is 6.03. The monoisotopic (exact) mass is 288 g/mol. The molecule has 0 aliphatic heterocycles. The van der Waals surface area contributed by atoms with Crippen molar-refractivity contribution >= 4 is 17.9 Å². The van der Waals surface area contributed by atoms with E-state index in [1.807, 2.05) is 0 Å². The summed E-state index contributed by atoms with van der Waals surface area (Å²) in [5.41, 5.74) is 1.12. The number of oxime groups is 1. The summed E-state index contributed by atoms with van der Waals surface area (Å²) in [6.45, 7) is 3.00. The zero-order chi connectivity index (χ0) is 15.4. The van der Waals surface area contributed by atoms with Crippen molar-refractivity contribution in [1.82, 2.24) is 0 Å². The summed E-state index contributed by atoms with van der Waals surface area (Å²) in [6.07, 6.45) is 1.21. The van der Waals surface area contributed by atoms with Crippen molar-refractivity contribution in [1.29, 1.82) is 0 Å². The normalized spacial score (nSPS) is 10.8. The van der Waals surface area contributed by atoms with Crippen LogP contribution in [0.25, 0.3) is 11.3 Å². The maximum Gasteiger partial charge on any atom is 0.331 e. The van der Waals surface area contributed by atoms with E-state index in [4.69, 9.17) is 4.42 Å². The fraction of sp³-hybridized carbons (Fsp3) is 0.143. The van der Waals surface area contributed by atoms with Gasteiger partial charge in [-0.3, -0.25) is 10.1 Å². The van der Waals surface area contributed by atoms with E-state index in [1.165, 1.54) is 19.2 Å². The number of benzene rings is 1. The van der Waals surface area contributed by atoms with Gasteiger partial charge in [0.25, 0.3) is 5.69 Å². The van der Waals surface area contributed by atoms with E-state index in [9.17, 15) is 14.9 Å². The van der Waals surface area contributed by atoms with Crippen LogP contribution >= 0.6 is 0 Å². The molecule has 1 heterocycles. The molecule has 0 fully saturated rings. The van der Waals surface area contributed by atoms with Crippen molar-refractivity contribution in [3.05, 3.63) is 51.8 Å². The van der Waals surface area contributed by atoms with E-state index in [0.717, 1.165) is 5.56 Å². The molecule has 1 aromatic carbocycles. The van der Waals surface area contributed by atoms with Gasteiger partial charge in [-0.05, 0) is 30.7 Å². The van der Waals surface area contributed by atoms with Gasteiger partial charge in [0.1, 0.15) is 17.7 Å². The number of carbonyl (C=O) groups is 1. The number of nitrogens with zero attached hydrogens (tertiary/aromatic N) is 2. The highest BCUT2D eigenvalue weighted by Crippen LogP contribution is 2.31. The summed E-state index contributed by atoms with van der Waals surface area (Å²) >= 11 is 0. The molecule has 0 radical (unpaired) electrons. The molecule has 0 aliphatic rings. The van der Waals surface area contributed by atoms with Crippen LogP contribution in [0.4, 0.5) is 5.69 Å². The number of rotatable bonds is 4. The Labute approximate surface area is 120 Å². The molecule has 7 heteroatoms. The largest absolute Gasteiger partial charge is 0.455 e. The van der Waals surface area contributed by atoms with Crippen molar-refractivity contribution in [2.75, 3.05) is 0 Å². The lowest BCUT2D eigenvalue weighted by Crippen LogP contribution is -1.92. The van der Waals surface area contributed by atoms with Gasteiger partial charge in [0.05, 0.1) is 10.5 Å². The summed E-state index contributed by atoms with van der Waals surface area (Å²) in [6, 6.07) is 8.03. The minimum atomic E-state index is -0.549. The Bertz CT molecular complexity index is 718. The quantitative estimate of drug-likeness (QED) is 0.373. The second-order valence-electron chi connectivity index (χ2n) is 4.30. The fourth-order valence-corrected chi connectivity index (χ4v) is 1.72. The Balaban J connectivity index is 2.31. The van der Waals surface area contributed by atoms with Crippen molar-refractivity contribution in [2.45, 2.75) is 13.8 Å². The minimum absolute atomic E-state index is 0.0344. The number of carbonyl (C=O) groups excluding carboxylic acids is 1. The molecule has 1 aromatic heterocycles. The minimum Gasteiger partial charge on any atom is -0.455 e. The predicted octanol–water partition coefficient (Wildman–Crippen LogP) is 3.06. The number of nitro groups is 1. The predicted molar refractivity (Wildman–Crippen MR) is 74.9 cm³/mol. The zero-order valence-corrected chi connectivity index (χ0v) is 11.4. The van der Waals surface area contributed by atoms with Crippen molar-refractivity contribution in [3.63, 3.8) is 0 Å². The van der Waals surface area contributed by atoms with Crippen molar-refractivity contribution < 1.29 is 19.0 Å². The molecule has 0 spiro atoms. The van der Waals surface area contributed by atoms with Crippen LogP contribution in [-0.2, 0) is 9.63 Å². The Kier molecular flexibility index (Phi) is 4.13. The average Bonchev–Trinajstić information content (AvgIpc) is 2.86. The lowest BCUT2D eigenvalue weighted by molar-refractivity contribution is -0.384. The summed E-state index contributed by atoms with van der Waals surface area (Å²) in [4.78, 5) is 25.6. The lowest BCUT2D eigenvalue weighted by atomic mass is 10.1. The van der Waals surface area contributed by atoms with Gasteiger partial charge in [0.15, 0.2) is 0 Å².